The Bertz CT molecular complexity index is 491. The fourth-order valence-corrected chi connectivity index (χ4v) is 1.91. The van der Waals surface area contributed by atoms with Crippen LogP contribution in [0, 0.1) is 22.4 Å². The Hall–Kier alpha value is -0.700. The Labute approximate surface area is 102 Å². The largest absolute Gasteiger partial charge is 0.233 e. The van der Waals surface area contributed by atoms with Crippen LogP contribution < -0.4 is 0 Å². The molecular weight excluding hydrogens is 335 g/mol. The average molecular weight is 339 g/mol. The van der Waals surface area contributed by atoms with Crippen LogP contribution in [0.15, 0.2) is 6.07 Å². The highest BCUT2D eigenvalue weighted by Crippen LogP contribution is 2.23. The van der Waals surface area contributed by atoms with E-state index in [2.05, 4.69) is 14.3 Å². The molecule has 3 nitrogen and oxygen atoms in total. The maximum atomic E-state index is 13.1. The van der Waals surface area contributed by atoms with Crippen molar-refractivity contribution in [3.8, 4) is 10.7 Å². The van der Waals surface area contributed by atoms with Crippen LogP contribution in [0.4, 0.5) is 8.78 Å². The quantitative estimate of drug-likeness (QED) is 0.592. The minimum atomic E-state index is -0.843. The molecule has 0 bridgehead atoms. The average Bonchev–Trinajstić information content (AvgIpc) is 2.60. The first-order valence-corrected chi connectivity index (χ1v) is 5.75. The van der Waals surface area contributed by atoms with Gasteiger partial charge in [-0.2, -0.15) is 23.1 Å². The highest BCUT2D eigenvalue weighted by atomic mass is 127. The van der Waals surface area contributed by atoms with Gasteiger partial charge in [0.15, 0.2) is 5.82 Å². The number of nitrogens with zero attached hydrogens (tertiary/aromatic N) is 3. The summed E-state index contributed by atoms with van der Waals surface area (Å²) in [5, 5.41) is 0. The Kier molecular flexibility index (Phi) is 2.91. The lowest BCUT2D eigenvalue weighted by atomic mass is 10.4. The number of hydrogen-bond donors (Lipinski definition) is 0. The Morgan fingerprint density at radius 3 is 2.33 bits per heavy atom. The second kappa shape index (κ2) is 4.05. The van der Waals surface area contributed by atoms with Crippen molar-refractivity contribution in [2.45, 2.75) is 6.92 Å². The SMILES string of the molecule is Cc1cc(-c2nc(F)c(I)c(F)n2)sn1. The molecule has 0 radical (unpaired) electrons. The fourth-order valence-electron chi connectivity index (χ4n) is 0.973. The zero-order valence-corrected chi connectivity index (χ0v) is 10.4. The van der Waals surface area contributed by atoms with Crippen LogP contribution in [0.5, 0.6) is 0 Å². The molecule has 0 amide bonds. The summed E-state index contributed by atoms with van der Waals surface area (Å²) >= 11 is 2.64. The molecule has 0 saturated heterocycles. The zero-order valence-electron chi connectivity index (χ0n) is 7.46. The van der Waals surface area contributed by atoms with Gasteiger partial charge < -0.3 is 0 Å². The van der Waals surface area contributed by atoms with Crippen molar-refractivity contribution in [2.24, 2.45) is 0 Å². The van der Waals surface area contributed by atoms with E-state index in [9.17, 15) is 8.78 Å². The first-order valence-electron chi connectivity index (χ1n) is 3.90. The number of aromatic nitrogens is 3. The van der Waals surface area contributed by atoms with E-state index in [1.165, 1.54) is 22.6 Å². The van der Waals surface area contributed by atoms with Gasteiger partial charge in [-0.3, -0.25) is 0 Å². The monoisotopic (exact) mass is 339 g/mol. The zero-order chi connectivity index (χ0) is 11.0. The molecule has 78 valence electrons. The Morgan fingerprint density at radius 1 is 1.27 bits per heavy atom. The Balaban J connectivity index is 2.55. The fraction of sp³-hybridized carbons (Fsp3) is 0.125. The summed E-state index contributed by atoms with van der Waals surface area (Å²) in [5.74, 6) is -1.65. The molecule has 15 heavy (non-hydrogen) atoms. The lowest BCUT2D eigenvalue weighted by Crippen LogP contribution is -1.99. The van der Waals surface area contributed by atoms with Crippen molar-refractivity contribution in [1.29, 1.82) is 0 Å². The molecule has 0 aliphatic rings. The molecule has 0 fully saturated rings. The van der Waals surface area contributed by atoms with Gasteiger partial charge in [0.05, 0.1) is 10.6 Å². The topological polar surface area (TPSA) is 38.7 Å². The third kappa shape index (κ3) is 2.12. The van der Waals surface area contributed by atoms with Crippen LogP contribution in [-0.4, -0.2) is 14.3 Å². The van der Waals surface area contributed by atoms with Crippen molar-refractivity contribution in [3.05, 3.63) is 27.2 Å². The summed E-state index contributed by atoms with van der Waals surface area (Å²) in [6, 6.07) is 1.69. The van der Waals surface area contributed by atoms with Crippen molar-refractivity contribution in [3.63, 3.8) is 0 Å². The third-order valence-electron chi connectivity index (χ3n) is 1.62. The van der Waals surface area contributed by atoms with Crippen LogP contribution >= 0.6 is 34.1 Å². The van der Waals surface area contributed by atoms with Gasteiger partial charge in [0, 0.05) is 0 Å². The number of halogens is 3. The summed E-state index contributed by atoms with van der Waals surface area (Å²) in [6.07, 6.45) is 0. The van der Waals surface area contributed by atoms with E-state index in [4.69, 9.17) is 0 Å². The molecule has 0 aliphatic carbocycles. The molecular formula is C8H4F2IN3S. The van der Waals surface area contributed by atoms with E-state index in [1.54, 1.807) is 13.0 Å². The van der Waals surface area contributed by atoms with E-state index < -0.39 is 11.9 Å². The van der Waals surface area contributed by atoms with Crippen molar-refractivity contribution < 1.29 is 8.78 Å². The summed E-state index contributed by atoms with van der Waals surface area (Å²) in [6.45, 7) is 1.79. The second-order valence-electron chi connectivity index (χ2n) is 2.78. The molecule has 2 aromatic rings. The van der Waals surface area contributed by atoms with Gasteiger partial charge >= 0.3 is 0 Å². The van der Waals surface area contributed by atoms with Crippen molar-refractivity contribution >= 4 is 34.1 Å². The highest BCUT2D eigenvalue weighted by molar-refractivity contribution is 14.1. The van der Waals surface area contributed by atoms with Gasteiger partial charge in [-0.25, -0.2) is 0 Å². The second-order valence-corrected chi connectivity index (χ2v) is 4.66. The molecule has 0 saturated carbocycles. The van der Waals surface area contributed by atoms with Crippen LogP contribution in [0.1, 0.15) is 5.69 Å². The minimum Gasteiger partial charge on any atom is -0.197 e. The summed E-state index contributed by atoms with van der Waals surface area (Å²) in [4.78, 5) is 7.68. The molecule has 0 unspecified atom stereocenters. The summed E-state index contributed by atoms with van der Waals surface area (Å²) in [5.41, 5.74) is 0.776. The maximum absolute atomic E-state index is 13.1. The van der Waals surface area contributed by atoms with Gasteiger partial charge in [-0.15, -0.1) is 0 Å². The van der Waals surface area contributed by atoms with Gasteiger partial charge in [0.25, 0.3) is 0 Å². The van der Waals surface area contributed by atoms with Crippen LogP contribution in [-0.2, 0) is 0 Å². The summed E-state index contributed by atoms with van der Waals surface area (Å²) in [7, 11) is 0. The van der Waals surface area contributed by atoms with E-state index in [-0.39, 0.29) is 9.39 Å². The highest BCUT2D eigenvalue weighted by Gasteiger charge is 2.14. The van der Waals surface area contributed by atoms with Crippen LogP contribution in [0.3, 0.4) is 0 Å². The first kappa shape index (κ1) is 10.8. The predicted molar refractivity (Wildman–Crippen MR) is 60.5 cm³/mol. The first-order chi connectivity index (χ1) is 7.08. The van der Waals surface area contributed by atoms with Gasteiger partial charge in [-0.05, 0) is 47.1 Å². The molecule has 0 spiro atoms. The Morgan fingerprint density at radius 2 is 1.87 bits per heavy atom. The van der Waals surface area contributed by atoms with Gasteiger partial charge in [0.2, 0.25) is 11.9 Å². The number of rotatable bonds is 1. The summed E-state index contributed by atoms with van der Waals surface area (Å²) < 4.78 is 30.0. The molecule has 0 atom stereocenters. The molecule has 2 rings (SSSR count). The molecule has 0 aromatic carbocycles. The molecule has 7 heteroatoms. The molecule has 0 N–H and O–H groups in total. The lowest BCUT2D eigenvalue weighted by Gasteiger charge is -1.98. The minimum absolute atomic E-state index is 0.0380. The van der Waals surface area contributed by atoms with E-state index in [0.717, 1.165) is 17.2 Å². The number of aryl methyl sites for hydroxylation is 1. The number of hydrogen-bond acceptors (Lipinski definition) is 4. The molecule has 2 heterocycles. The van der Waals surface area contributed by atoms with Crippen molar-refractivity contribution in [1.82, 2.24) is 14.3 Å². The van der Waals surface area contributed by atoms with Gasteiger partial charge in [0.1, 0.15) is 3.57 Å². The van der Waals surface area contributed by atoms with E-state index >= 15 is 0 Å². The predicted octanol–water partition coefficient (Wildman–Crippen LogP) is 2.79. The van der Waals surface area contributed by atoms with E-state index in [1.807, 2.05) is 0 Å². The third-order valence-corrected chi connectivity index (χ3v) is 3.39. The smallest absolute Gasteiger partial charge is 0.197 e. The standard InChI is InChI=1S/C8H4F2IN3S/c1-3-2-4(15-14-3)8-12-6(9)5(11)7(10)13-8/h2H,1H3. The normalized spacial score (nSPS) is 10.7. The van der Waals surface area contributed by atoms with Crippen LogP contribution in [0.25, 0.3) is 10.7 Å². The maximum Gasteiger partial charge on any atom is 0.233 e. The molecule has 2 aromatic heterocycles. The molecule has 0 aliphatic heterocycles. The van der Waals surface area contributed by atoms with Gasteiger partial charge in [-0.1, -0.05) is 0 Å². The van der Waals surface area contributed by atoms with Crippen LogP contribution in [0.2, 0.25) is 0 Å². The van der Waals surface area contributed by atoms with Crippen molar-refractivity contribution in [2.75, 3.05) is 0 Å². The lowest BCUT2D eigenvalue weighted by molar-refractivity contribution is 0.515. The van der Waals surface area contributed by atoms with E-state index in [0.29, 0.717) is 4.88 Å².